The summed E-state index contributed by atoms with van der Waals surface area (Å²) in [5.41, 5.74) is 0.0858. The molecule has 21 heavy (non-hydrogen) atoms. The van der Waals surface area contributed by atoms with Gasteiger partial charge in [0, 0.05) is 13.1 Å². The van der Waals surface area contributed by atoms with Crippen molar-refractivity contribution < 1.29 is 18.3 Å². The number of hydrogen-bond acceptors (Lipinski definition) is 3. The molecule has 0 saturated heterocycles. The van der Waals surface area contributed by atoms with Crippen molar-refractivity contribution in [1.82, 2.24) is 4.31 Å². The molecule has 1 aromatic carbocycles. The lowest BCUT2D eigenvalue weighted by molar-refractivity contribution is 0.0696. The third-order valence-electron chi connectivity index (χ3n) is 3.26. The molecule has 0 aliphatic rings. The molecular weight excluding hydrogens is 290 g/mol. The molecule has 0 saturated carbocycles. The van der Waals surface area contributed by atoms with Crippen molar-refractivity contribution in [1.29, 1.82) is 0 Å². The smallest absolute Gasteiger partial charge is 0.335 e. The highest BCUT2D eigenvalue weighted by Gasteiger charge is 2.23. The normalized spacial score (nSPS) is 11.8. The maximum absolute atomic E-state index is 12.6. The van der Waals surface area contributed by atoms with E-state index in [0.29, 0.717) is 13.1 Å². The van der Waals surface area contributed by atoms with Crippen molar-refractivity contribution >= 4 is 16.0 Å². The van der Waals surface area contributed by atoms with Crippen LogP contribution in [0.2, 0.25) is 0 Å². The van der Waals surface area contributed by atoms with Crippen LogP contribution in [0.3, 0.4) is 0 Å². The van der Waals surface area contributed by atoms with Crippen LogP contribution in [0.5, 0.6) is 0 Å². The van der Waals surface area contributed by atoms with Crippen LogP contribution in [-0.2, 0) is 10.0 Å². The molecule has 0 heterocycles. The lowest BCUT2D eigenvalue weighted by atomic mass is 10.2. The molecule has 1 aromatic rings. The number of carboxylic acids is 1. The second kappa shape index (κ2) is 8.14. The summed E-state index contributed by atoms with van der Waals surface area (Å²) in [6.45, 7) is 5.04. The van der Waals surface area contributed by atoms with Crippen LogP contribution in [0.1, 0.15) is 49.9 Å². The topological polar surface area (TPSA) is 74.7 Å². The van der Waals surface area contributed by atoms with E-state index < -0.39 is 16.0 Å². The molecule has 0 atom stereocenters. The number of aromatic carboxylic acids is 1. The predicted octanol–water partition coefficient (Wildman–Crippen LogP) is 2.98. The van der Waals surface area contributed by atoms with Crippen molar-refractivity contribution in [3.63, 3.8) is 0 Å². The molecule has 118 valence electrons. The molecule has 0 spiro atoms. The fourth-order valence-corrected chi connectivity index (χ4v) is 3.46. The summed E-state index contributed by atoms with van der Waals surface area (Å²) in [4.78, 5) is 11.0. The summed E-state index contributed by atoms with van der Waals surface area (Å²) in [7, 11) is -3.55. The van der Waals surface area contributed by atoms with E-state index in [2.05, 4.69) is 0 Å². The zero-order valence-corrected chi connectivity index (χ0v) is 13.4. The number of sulfonamides is 1. The lowest BCUT2D eigenvalue weighted by Gasteiger charge is -2.22. The highest BCUT2D eigenvalue weighted by Crippen LogP contribution is 2.18. The van der Waals surface area contributed by atoms with E-state index in [1.807, 2.05) is 13.8 Å². The van der Waals surface area contributed by atoms with Gasteiger partial charge in [-0.1, -0.05) is 26.7 Å². The fourth-order valence-electron chi connectivity index (χ4n) is 1.94. The maximum Gasteiger partial charge on any atom is 0.335 e. The Morgan fingerprint density at radius 1 is 1.05 bits per heavy atom. The first-order valence-corrected chi connectivity index (χ1v) is 8.71. The van der Waals surface area contributed by atoms with Crippen molar-refractivity contribution in [2.45, 2.75) is 44.4 Å². The number of nitrogens with zero attached hydrogens (tertiary/aromatic N) is 1. The van der Waals surface area contributed by atoms with Gasteiger partial charge in [-0.3, -0.25) is 0 Å². The van der Waals surface area contributed by atoms with Crippen LogP contribution in [0.15, 0.2) is 29.2 Å². The quantitative estimate of drug-likeness (QED) is 0.760. The summed E-state index contributed by atoms with van der Waals surface area (Å²) in [5, 5.41) is 8.86. The van der Waals surface area contributed by atoms with E-state index in [1.54, 1.807) is 0 Å². The number of hydrogen-bond donors (Lipinski definition) is 1. The Bertz CT molecular complexity index is 544. The van der Waals surface area contributed by atoms with Crippen molar-refractivity contribution in [3.05, 3.63) is 29.8 Å². The number of rotatable bonds is 9. The lowest BCUT2D eigenvalue weighted by Crippen LogP contribution is -2.33. The molecule has 0 aromatic heterocycles. The Labute approximate surface area is 126 Å². The Morgan fingerprint density at radius 2 is 1.52 bits per heavy atom. The van der Waals surface area contributed by atoms with Crippen LogP contribution in [0, 0.1) is 0 Å². The average Bonchev–Trinajstić information content (AvgIpc) is 2.47. The van der Waals surface area contributed by atoms with Crippen molar-refractivity contribution in [2.24, 2.45) is 0 Å². The van der Waals surface area contributed by atoms with Crippen LogP contribution in [0.25, 0.3) is 0 Å². The SMILES string of the molecule is CCCCN(CCCC)S(=O)(=O)c1ccc(C(=O)O)cc1. The van der Waals surface area contributed by atoms with Gasteiger partial charge in [0.05, 0.1) is 10.5 Å². The minimum Gasteiger partial charge on any atom is -0.478 e. The van der Waals surface area contributed by atoms with Gasteiger partial charge >= 0.3 is 5.97 Å². The van der Waals surface area contributed by atoms with E-state index in [0.717, 1.165) is 25.7 Å². The first-order chi connectivity index (χ1) is 9.93. The minimum atomic E-state index is -3.55. The second-order valence-corrected chi connectivity index (χ2v) is 6.88. The standard InChI is InChI=1S/C15H23NO4S/c1-3-5-11-16(12-6-4-2)21(19,20)14-9-7-13(8-10-14)15(17)18/h7-10H,3-6,11-12H2,1-2H3,(H,17,18). The molecule has 1 N–H and O–H groups in total. The van der Waals surface area contributed by atoms with Crippen LogP contribution < -0.4 is 0 Å². The van der Waals surface area contributed by atoms with Crippen molar-refractivity contribution in [3.8, 4) is 0 Å². The van der Waals surface area contributed by atoms with E-state index in [-0.39, 0.29) is 10.5 Å². The molecule has 5 nitrogen and oxygen atoms in total. The molecule has 6 heteroatoms. The molecule has 0 aliphatic heterocycles. The predicted molar refractivity (Wildman–Crippen MR) is 82.0 cm³/mol. The number of carbonyl (C=O) groups is 1. The third kappa shape index (κ3) is 4.82. The molecule has 0 amide bonds. The van der Waals surface area contributed by atoms with Crippen LogP contribution in [0.4, 0.5) is 0 Å². The molecule has 0 unspecified atom stereocenters. The van der Waals surface area contributed by atoms with E-state index in [4.69, 9.17) is 5.11 Å². The Hall–Kier alpha value is -1.40. The summed E-state index contributed by atoms with van der Waals surface area (Å²) < 4.78 is 26.7. The van der Waals surface area contributed by atoms with Gasteiger partial charge in [-0.05, 0) is 37.1 Å². The van der Waals surface area contributed by atoms with Gasteiger partial charge in [0.25, 0.3) is 0 Å². The summed E-state index contributed by atoms with van der Waals surface area (Å²) in [5.74, 6) is -1.06. The fraction of sp³-hybridized carbons (Fsp3) is 0.533. The number of unbranched alkanes of at least 4 members (excludes halogenated alkanes) is 2. The van der Waals surface area contributed by atoms with E-state index in [9.17, 15) is 13.2 Å². The van der Waals surface area contributed by atoms with Gasteiger partial charge in [-0.15, -0.1) is 0 Å². The van der Waals surface area contributed by atoms with Crippen LogP contribution in [-0.4, -0.2) is 36.9 Å². The summed E-state index contributed by atoms with van der Waals surface area (Å²) >= 11 is 0. The first-order valence-electron chi connectivity index (χ1n) is 7.27. The molecule has 0 radical (unpaired) electrons. The zero-order valence-electron chi connectivity index (χ0n) is 12.6. The zero-order chi connectivity index (χ0) is 15.9. The van der Waals surface area contributed by atoms with Gasteiger partial charge in [0.15, 0.2) is 0 Å². The minimum absolute atomic E-state index is 0.0858. The average molecular weight is 313 g/mol. The van der Waals surface area contributed by atoms with Gasteiger partial charge < -0.3 is 5.11 Å². The van der Waals surface area contributed by atoms with Gasteiger partial charge in [-0.25, -0.2) is 13.2 Å². The highest BCUT2D eigenvalue weighted by atomic mass is 32.2. The number of carboxylic acid groups (broad SMARTS) is 1. The first kappa shape index (κ1) is 17.7. The Kier molecular flexibility index (Phi) is 6.84. The second-order valence-electron chi connectivity index (χ2n) is 4.94. The maximum atomic E-state index is 12.6. The Balaban J connectivity index is 3.00. The van der Waals surface area contributed by atoms with Crippen LogP contribution >= 0.6 is 0 Å². The summed E-state index contributed by atoms with van der Waals surface area (Å²) in [6, 6.07) is 5.38. The summed E-state index contributed by atoms with van der Waals surface area (Å²) in [6.07, 6.45) is 3.48. The monoisotopic (exact) mass is 313 g/mol. The molecular formula is C15H23NO4S. The van der Waals surface area contributed by atoms with Gasteiger partial charge in [0.1, 0.15) is 0 Å². The van der Waals surface area contributed by atoms with Gasteiger partial charge in [-0.2, -0.15) is 4.31 Å². The number of benzene rings is 1. The molecule has 0 fully saturated rings. The van der Waals surface area contributed by atoms with Gasteiger partial charge in [0.2, 0.25) is 10.0 Å². The molecule has 0 bridgehead atoms. The molecule has 1 rings (SSSR count). The third-order valence-corrected chi connectivity index (χ3v) is 5.17. The molecule has 0 aliphatic carbocycles. The highest BCUT2D eigenvalue weighted by molar-refractivity contribution is 7.89. The van der Waals surface area contributed by atoms with E-state index in [1.165, 1.54) is 28.6 Å². The largest absolute Gasteiger partial charge is 0.478 e. The van der Waals surface area contributed by atoms with E-state index >= 15 is 0 Å². The van der Waals surface area contributed by atoms with Crippen molar-refractivity contribution in [2.75, 3.05) is 13.1 Å². The Morgan fingerprint density at radius 3 is 1.90 bits per heavy atom.